The molecule has 3 fully saturated rings. The topological polar surface area (TPSA) is 152 Å². The van der Waals surface area contributed by atoms with Gasteiger partial charge >= 0.3 is 12.7 Å². The first kappa shape index (κ1) is 66.1. The van der Waals surface area contributed by atoms with Crippen molar-refractivity contribution in [2.45, 2.75) is 124 Å². The first-order valence-corrected chi connectivity index (χ1v) is 29.3. The first-order valence-electron chi connectivity index (χ1n) is 29.3. The van der Waals surface area contributed by atoms with Crippen molar-refractivity contribution in [1.82, 2.24) is 0 Å². The number of methoxy groups -OCH3 is 1. The van der Waals surface area contributed by atoms with Crippen LogP contribution in [0.1, 0.15) is 108 Å². The van der Waals surface area contributed by atoms with Gasteiger partial charge in [-0.2, -0.15) is 0 Å². The third-order valence-corrected chi connectivity index (χ3v) is 14.4. The Morgan fingerprint density at radius 2 is 0.786 bits per heavy atom. The van der Waals surface area contributed by atoms with Crippen molar-refractivity contribution in [1.29, 1.82) is 0 Å². The fraction of sp³-hybridized carbons (Fsp3) is 0.446. The number of hydrogen-bond donors (Lipinski definition) is 3. The Morgan fingerprint density at radius 1 is 0.405 bits per heavy atom. The van der Waals surface area contributed by atoms with Crippen LogP contribution in [0.4, 0.5) is 43.4 Å². The van der Waals surface area contributed by atoms with Gasteiger partial charge in [-0.3, -0.25) is 0 Å². The standard InChI is InChI=1S/C22H30N2O3.C21H25F3N2O2.C20H23F3N2O2.C2H6/c1-25-15-16-26-18-9-11-19(12-10-18)27-22-8-6-7-21(20(22)17-23)24-13-4-2-3-5-14-24;1-15-6-5-12-26(13-11-15)17-7-4-10-18(16(17)14-25)27-19-8-2-3-9-20(19)28-21(22,23)24;21-20(22,23)27-16-10-8-15(9-11-16)26-19-7-5-6-18(17(19)14-24)25-12-3-1-2-4-13-25;1-2/h6-12H,2-5,13-17,23H2,1H3;2-4,7-10,15H,5-6,11-14,25H2,1H3;5-11H,1-4,12-14,24H2;1-2H3. The number of nitrogens with zero attached hydrogens (tertiary/aromatic N) is 3. The number of hydrogen-bond acceptors (Lipinski definition) is 13. The van der Waals surface area contributed by atoms with Crippen LogP contribution in [0.5, 0.6) is 51.7 Å². The molecule has 1 atom stereocenters. The predicted octanol–water partition coefficient (Wildman–Crippen LogP) is 16.0. The van der Waals surface area contributed by atoms with Gasteiger partial charge in [-0.25, -0.2) is 0 Å². The molecule has 3 aliphatic heterocycles. The molecule has 3 saturated heterocycles. The molecule has 0 saturated carbocycles. The second kappa shape index (κ2) is 34.0. The van der Waals surface area contributed by atoms with Crippen LogP contribution in [0.3, 0.4) is 0 Å². The normalized spacial score (nSPS) is 15.7. The van der Waals surface area contributed by atoms with Crippen LogP contribution in [-0.2, 0) is 24.4 Å². The van der Waals surface area contributed by atoms with Crippen LogP contribution in [0.25, 0.3) is 0 Å². The highest BCUT2D eigenvalue weighted by molar-refractivity contribution is 5.63. The van der Waals surface area contributed by atoms with Gasteiger partial charge in [0.2, 0.25) is 0 Å². The van der Waals surface area contributed by atoms with E-state index in [-0.39, 0.29) is 23.8 Å². The smallest absolute Gasteiger partial charge is 0.491 e. The van der Waals surface area contributed by atoms with E-state index >= 15 is 0 Å². The van der Waals surface area contributed by atoms with Gasteiger partial charge in [-0.15, -0.1) is 26.3 Å². The molecule has 0 radical (unpaired) electrons. The average molecular weight is 1180 g/mol. The number of alkyl halides is 6. The van der Waals surface area contributed by atoms with Crippen LogP contribution in [0.15, 0.2) is 127 Å². The number of halogens is 6. The van der Waals surface area contributed by atoms with Gasteiger partial charge in [-0.05, 0) is 148 Å². The highest BCUT2D eigenvalue weighted by Gasteiger charge is 2.33. The summed E-state index contributed by atoms with van der Waals surface area (Å²) in [6, 6.07) is 36.3. The maximum absolute atomic E-state index is 12.7. The van der Waals surface area contributed by atoms with E-state index in [1.165, 1.54) is 93.1 Å². The van der Waals surface area contributed by atoms with E-state index in [1.807, 2.05) is 74.5 Å². The van der Waals surface area contributed by atoms with Crippen molar-refractivity contribution in [3.63, 3.8) is 0 Å². The zero-order chi connectivity index (χ0) is 60.3. The van der Waals surface area contributed by atoms with Crippen LogP contribution in [-0.4, -0.2) is 72.3 Å². The highest BCUT2D eigenvalue weighted by Crippen LogP contribution is 2.40. The van der Waals surface area contributed by atoms with E-state index < -0.39 is 12.7 Å². The van der Waals surface area contributed by atoms with Crippen molar-refractivity contribution >= 4 is 17.1 Å². The summed E-state index contributed by atoms with van der Waals surface area (Å²) in [7, 11) is 1.66. The Hall–Kier alpha value is -7.06. The van der Waals surface area contributed by atoms with Gasteiger partial charge in [0, 0.05) is 99.8 Å². The molecular weight excluding hydrogens is 1090 g/mol. The fourth-order valence-corrected chi connectivity index (χ4v) is 10.3. The van der Waals surface area contributed by atoms with Crippen molar-refractivity contribution in [2.24, 2.45) is 23.1 Å². The second-order valence-electron chi connectivity index (χ2n) is 20.3. The molecule has 0 aliphatic carbocycles. The summed E-state index contributed by atoms with van der Waals surface area (Å²) in [6.45, 7) is 14.4. The number of anilines is 3. The van der Waals surface area contributed by atoms with Crippen LogP contribution in [0, 0.1) is 5.92 Å². The van der Waals surface area contributed by atoms with E-state index in [0.29, 0.717) is 49.5 Å². The van der Waals surface area contributed by atoms with Gasteiger partial charge in [-0.1, -0.05) is 76.8 Å². The van der Waals surface area contributed by atoms with E-state index in [4.69, 9.17) is 40.9 Å². The molecule has 6 aromatic rings. The molecule has 458 valence electrons. The largest absolute Gasteiger partial charge is 0.573 e. The molecule has 1 unspecified atom stereocenters. The van der Waals surface area contributed by atoms with Crippen LogP contribution >= 0.6 is 0 Å². The summed E-state index contributed by atoms with van der Waals surface area (Å²) in [5.41, 5.74) is 24.1. The SMILES string of the molecule is CC.CC1CCCN(c2cccc(Oc3ccccc3OC(F)(F)F)c2CN)CC1.COCCOc1ccc(Oc2cccc(N3CCCCCC3)c2CN)cc1.NCc1c(Oc2ccc(OC(F)(F)F)cc2)cccc1N1CCCCCC1. The monoisotopic (exact) mass is 1170 g/mol. The summed E-state index contributed by atoms with van der Waals surface area (Å²) in [5.74, 6) is 3.89. The lowest BCUT2D eigenvalue weighted by atomic mass is 10.0. The molecule has 0 amide bonds. The van der Waals surface area contributed by atoms with Crippen molar-refractivity contribution < 1.29 is 59.5 Å². The van der Waals surface area contributed by atoms with Crippen molar-refractivity contribution in [3.8, 4) is 51.7 Å². The van der Waals surface area contributed by atoms with E-state index in [9.17, 15) is 26.3 Å². The molecule has 19 heteroatoms. The lowest BCUT2D eigenvalue weighted by molar-refractivity contribution is -0.275. The summed E-state index contributed by atoms with van der Waals surface area (Å²) in [6.07, 6.45) is 3.73. The minimum atomic E-state index is -4.79. The van der Waals surface area contributed by atoms with Gasteiger partial charge in [0.25, 0.3) is 0 Å². The Labute approximate surface area is 491 Å². The van der Waals surface area contributed by atoms with E-state index in [1.54, 1.807) is 19.2 Å². The molecule has 9 rings (SSSR count). The van der Waals surface area contributed by atoms with Crippen LogP contribution < -0.4 is 60.3 Å². The van der Waals surface area contributed by atoms with Gasteiger partial charge in [0.15, 0.2) is 11.5 Å². The van der Waals surface area contributed by atoms with E-state index in [2.05, 4.69) is 43.2 Å². The molecule has 84 heavy (non-hydrogen) atoms. The Kier molecular flexibility index (Phi) is 26.8. The van der Waals surface area contributed by atoms with Gasteiger partial charge < -0.3 is 65.1 Å². The number of para-hydroxylation sites is 2. The zero-order valence-corrected chi connectivity index (χ0v) is 49.0. The number of benzene rings is 6. The number of nitrogens with two attached hydrogens (primary N) is 3. The average Bonchev–Trinajstić information content (AvgIpc) is 4.19. The predicted molar refractivity (Wildman–Crippen MR) is 321 cm³/mol. The Balaban J connectivity index is 0.000000199. The number of rotatable bonds is 18. The summed E-state index contributed by atoms with van der Waals surface area (Å²) in [5, 5.41) is 0. The molecule has 3 heterocycles. The Morgan fingerprint density at radius 3 is 1.21 bits per heavy atom. The molecule has 0 spiro atoms. The fourth-order valence-electron chi connectivity index (χ4n) is 10.3. The third kappa shape index (κ3) is 20.9. The number of ether oxygens (including phenoxy) is 7. The van der Waals surface area contributed by atoms with Crippen LogP contribution in [0.2, 0.25) is 0 Å². The molecule has 6 N–H and O–H groups in total. The first-order chi connectivity index (χ1) is 40.6. The van der Waals surface area contributed by atoms with Crippen molar-refractivity contribution in [2.75, 3.05) is 74.3 Å². The minimum Gasteiger partial charge on any atom is -0.491 e. The molecule has 13 nitrogen and oxygen atoms in total. The Bertz CT molecular complexity index is 2840. The maximum atomic E-state index is 12.7. The second-order valence-corrected chi connectivity index (χ2v) is 20.3. The maximum Gasteiger partial charge on any atom is 0.573 e. The summed E-state index contributed by atoms with van der Waals surface area (Å²) in [4.78, 5) is 7.08. The zero-order valence-electron chi connectivity index (χ0n) is 49.0. The molecule has 3 aliphatic rings. The highest BCUT2D eigenvalue weighted by atomic mass is 19.4. The third-order valence-electron chi connectivity index (χ3n) is 14.4. The van der Waals surface area contributed by atoms with Gasteiger partial charge in [0.1, 0.15) is 46.9 Å². The quantitative estimate of drug-likeness (QED) is 0.0553. The lowest BCUT2D eigenvalue weighted by Crippen LogP contribution is -2.26. The molecule has 0 aromatic heterocycles. The summed E-state index contributed by atoms with van der Waals surface area (Å²) < 4.78 is 111. The molecule has 0 bridgehead atoms. The lowest BCUT2D eigenvalue weighted by Gasteiger charge is -2.26. The molecular formula is C65H84F6N6O7. The van der Waals surface area contributed by atoms with Gasteiger partial charge in [0.05, 0.1) is 6.61 Å². The minimum absolute atomic E-state index is 0.00355. The van der Waals surface area contributed by atoms with E-state index in [0.717, 1.165) is 110 Å². The van der Waals surface area contributed by atoms with Crippen molar-refractivity contribution in [3.05, 3.63) is 144 Å². The molecule has 6 aromatic carbocycles. The summed E-state index contributed by atoms with van der Waals surface area (Å²) >= 11 is 0.